The third-order valence-electron chi connectivity index (χ3n) is 3.10. The van der Waals surface area contributed by atoms with Crippen molar-refractivity contribution in [1.82, 2.24) is 10.6 Å². The summed E-state index contributed by atoms with van der Waals surface area (Å²) in [5.74, 6) is -0.709. The summed E-state index contributed by atoms with van der Waals surface area (Å²) in [6.07, 6.45) is 0. The molecule has 0 fully saturated rings. The Hall–Kier alpha value is -1.95. The van der Waals surface area contributed by atoms with Gasteiger partial charge < -0.3 is 20.5 Å². The van der Waals surface area contributed by atoms with Gasteiger partial charge >= 0.3 is 12.0 Å². The van der Waals surface area contributed by atoms with Crippen molar-refractivity contribution in [2.45, 2.75) is 33.7 Å². The van der Waals surface area contributed by atoms with Gasteiger partial charge in [0.05, 0.1) is 0 Å². The Labute approximate surface area is 134 Å². The molecule has 2 amide bonds. The van der Waals surface area contributed by atoms with E-state index in [1.807, 2.05) is 13.8 Å². The first-order chi connectivity index (χ1) is 10.2. The molecule has 0 heterocycles. The van der Waals surface area contributed by atoms with E-state index in [9.17, 15) is 9.59 Å². The van der Waals surface area contributed by atoms with Gasteiger partial charge in [-0.2, -0.15) is 0 Å². The number of hydrogen-bond donors (Lipinski definition) is 3. The molecule has 22 heavy (non-hydrogen) atoms. The van der Waals surface area contributed by atoms with Gasteiger partial charge in [0.2, 0.25) is 0 Å². The van der Waals surface area contributed by atoms with Crippen molar-refractivity contribution in [3.8, 4) is 5.75 Å². The van der Waals surface area contributed by atoms with Crippen molar-refractivity contribution in [2.75, 3.05) is 6.73 Å². The van der Waals surface area contributed by atoms with Crippen LogP contribution in [0.4, 0.5) is 4.79 Å². The predicted octanol–water partition coefficient (Wildman–Crippen LogP) is 2.70. The third-order valence-corrected chi connectivity index (χ3v) is 3.70. The highest BCUT2D eigenvalue weighted by molar-refractivity contribution is 6.32. The Morgan fingerprint density at radius 3 is 2.27 bits per heavy atom. The molecule has 7 heteroatoms. The fourth-order valence-electron chi connectivity index (χ4n) is 1.88. The minimum atomic E-state index is -1.07. The standard InChI is InChI=1S/C15H21ClN2O4/c1-8(2)13(14(19)20)18-15(21)17-7-22-11-5-9(3)12(16)10(4)6-11/h5-6,8,13H,7H2,1-4H3,(H,19,20)(H2,17,18,21). The zero-order valence-corrected chi connectivity index (χ0v) is 13.8. The molecule has 0 aliphatic carbocycles. The zero-order chi connectivity index (χ0) is 16.9. The second kappa shape index (κ2) is 7.89. The van der Waals surface area contributed by atoms with Crippen LogP contribution in [0.3, 0.4) is 0 Å². The first-order valence-corrected chi connectivity index (χ1v) is 7.27. The minimum Gasteiger partial charge on any atom is -0.480 e. The highest BCUT2D eigenvalue weighted by atomic mass is 35.5. The van der Waals surface area contributed by atoms with Crippen LogP contribution in [0.25, 0.3) is 0 Å². The molecule has 122 valence electrons. The van der Waals surface area contributed by atoms with E-state index >= 15 is 0 Å². The van der Waals surface area contributed by atoms with E-state index in [2.05, 4.69) is 10.6 Å². The van der Waals surface area contributed by atoms with Gasteiger partial charge in [-0.3, -0.25) is 0 Å². The lowest BCUT2D eigenvalue weighted by Gasteiger charge is -2.18. The summed E-state index contributed by atoms with van der Waals surface area (Å²) in [6, 6.07) is 2.00. The molecule has 0 saturated carbocycles. The number of aliphatic carboxylic acids is 1. The summed E-state index contributed by atoms with van der Waals surface area (Å²) >= 11 is 6.06. The number of benzene rings is 1. The van der Waals surface area contributed by atoms with Gasteiger partial charge in [-0.25, -0.2) is 9.59 Å². The van der Waals surface area contributed by atoms with Crippen LogP contribution in [0.5, 0.6) is 5.75 Å². The molecule has 0 spiro atoms. The van der Waals surface area contributed by atoms with E-state index in [0.29, 0.717) is 10.8 Å². The number of hydrogen-bond acceptors (Lipinski definition) is 3. The molecule has 0 saturated heterocycles. The van der Waals surface area contributed by atoms with Crippen LogP contribution in [0, 0.1) is 19.8 Å². The second-order valence-corrected chi connectivity index (χ2v) is 5.75. The molecule has 0 bridgehead atoms. The topological polar surface area (TPSA) is 87.7 Å². The maximum atomic E-state index is 11.7. The monoisotopic (exact) mass is 328 g/mol. The summed E-state index contributed by atoms with van der Waals surface area (Å²) in [5, 5.41) is 14.5. The second-order valence-electron chi connectivity index (χ2n) is 5.37. The van der Waals surface area contributed by atoms with Crippen LogP contribution in [0.2, 0.25) is 5.02 Å². The largest absolute Gasteiger partial charge is 0.480 e. The molecule has 1 atom stereocenters. The normalized spacial score (nSPS) is 11.9. The zero-order valence-electron chi connectivity index (χ0n) is 13.1. The molecule has 1 rings (SSSR count). The first-order valence-electron chi connectivity index (χ1n) is 6.89. The third kappa shape index (κ3) is 5.11. The number of urea groups is 1. The number of aryl methyl sites for hydroxylation is 2. The fraction of sp³-hybridized carbons (Fsp3) is 0.467. The van der Waals surface area contributed by atoms with Gasteiger partial charge in [-0.15, -0.1) is 0 Å². The van der Waals surface area contributed by atoms with Crippen LogP contribution in [0.15, 0.2) is 12.1 Å². The van der Waals surface area contributed by atoms with E-state index in [-0.39, 0.29) is 12.6 Å². The van der Waals surface area contributed by atoms with Crippen LogP contribution < -0.4 is 15.4 Å². The molecular weight excluding hydrogens is 308 g/mol. The molecule has 1 aromatic rings. The maximum Gasteiger partial charge on any atom is 0.326 e. The van der Waals surface area contributed by atoms with Gasteiger partial charge in [-0.1, -0.05) is 25.4 Å². The Kier molecular flexibility index (Phi) is 6.49. The molecule has 6 nitrogen and oxygen atoms in total. The lowest BCUT2D eigenvalue weighted by Crippen LogP contribution is -2.49. The summed E-state index contributed by atoms with van der Waals surface area (Å²) in [5.41, 5.74) is 1.76. The lowest BCUT2D eigenvalue weighted by atomic mass is 10.1. The fourth-order valence-corrected chi connectivity index (χ4v) is 1.99. The van der Waals surface area contributed by atoms with E-state index in [1.54, 1.807) is 26.0 Å². The van der Waals surface area contributed by atoms with Gasteiger partial charge in [-0.05, 0) is 43.0 Å². The number of nitrogens with one attached hydrogen (secondary N) is 2. The number of halogens is 1. The molecule has 0 aliphatic rings. The molecule has 1 aromatic carbocycles. The molecule has 0 aromatic heterocycles. The SMILES string of the molecule is Cc1cc(OCNC(=O)NC(C(=O)O)C(C)C)cc(C)c1Cl. The Morgan fingerprint density at radius 1 is 1.27 bits per heavy atom. The van der Waals surface area contributed by atoms with Crippen molar-refractivity contribution in [2.24, 2.45) is 5.92 Å². The van der Waals surface area contributed by atoms with Gasteiger partial charge in [0, 0.05) is 5.02 Å². The smallest absolute Gasteiger partial charge is 0.326 e. The highest BCUT2D eigenvalue weighted by Crippen LogP contribution is 2.25. The average molecular weight is 329 g/mol. The lowest BCUT2D eigenvalue weighted by molar-refractivity contribution is -0.140. The number of rotatable bonds is 6. The molecule has 0 radical (unpaired) electrons. The quantitative estimate of drug-likeness (QED) is 0.701. The number of carboxylic acid groups (broad SMARTS) is 1. The van der Waals surface area contributed by atoms with Crippen LogP contribution >= 0.6 is 11.6 Å². The van der Waals surface area contributed by atoms with Crippen molar-refractivity contribution in [3.63, 3.8) is 0 Å². The van der Waals surface area contributed by atoms with E-state index in [1.165, 1.54) is 0 Å². The van der Waals surface area contributed by atoms with E-state index in [4.69, 9.17) is 21.4 Å². The number of carbonyl (C=O) groups excluding carboxylic acids is 1. The molecule has 0 aliphatic heterocycles. The van der Waals surface area contributed by atoms with E-state index < -0.39 is 18.0 Å². The van der Waals surface area contributed by atoms with Crippen molar-refractivity contribution >= 4 is 23.6 Å². The van der Waals surface area contributed by atoms with Crippen molar-refractivity contribution in [1.29, 1.82) is 0 Å². The average Bonchev–Trinajstić information content (AvgIpc) is 2.41. The van der Waals surface area contributed by atoms with E-state index in [0.717, 1.165) is 11.1 Å². The van der Waals surface area contributed by atoms with Crippen LogP contribution in [-0.4, -0.2) is 29.9 Å². The summed E-state index contributed by atoms with van der Waals surface area (Å²) in [4.78, 5) is 22.6. The Balaban J connectivity index is 2.50. The summed E-state index contributed by atoms with van der Waals surface area (Å²) in [7, 11) is 0. The van der Waals surface area contributed by atoms with Gasteiger partial charge in [0.25, 0.3) is 0 Å². The van der Waals surface area contributed by atoms with Gasteiger partial charge in [0.15, 0.2) is 6.73 Å². The first kappa shape index (κ1) is 18.1. The van der Waals surface area contributed by atoms with Crippen LogP contribution in [-0.2, 0) is 4.79 Å². The molecular formula is C15H21ClN2O4. The Bertz CT molecular complexity index is 537. The number of carboxylic acids is 1. The maximum absolute atomic E-state index is 11.7. The minimum absolute atomic E-state index is 0.0726. The number of ether oxygens (including phenoxy) is 1. The summed E-state index contributed by atoms with van der Waals surface area (Å²) in [6.45, 7) is 7.09. The Morgan fingerprint density at radius 2 is 1.82 bits per heavy atom. The molecule has 3 N–H and O–H groups in total. The molecule has 1 unspecified atom stereocenters. The van der Waals surface area contributed by atoms with Gasteiger partial charge in [0.1, 0.15) is 11.8 Å². The van der Waals surface area contributed by atoms with Crippen molar-refractivity contribution in [3.05, 3.63) is 28.3 Å². The summed E-state index contributed by atoms with van der Waals surface area (Å²) < 4.78 is 5.42. The van der Waals surface area contributed by atoms with Crippen molar-refractivity contribution < 1.29 is 19.4 Å². The predicted molar refractivity (Wildman–Crippen MR) is 84.4 cm³/mol. The number of carbonyl (C=O) groups is 2. The highest BCUT2D eigenvalue weighted by Gasteiger charge is 2.23. The van der Waals surface area contributed by atoms with Crippen LogP contribution in [0.1, 0.15) is 25.0 Å². The number of amides is 2.